The summed E-state index contributed by atoms with van der Waals surface area (Å²) < 4.78 is 26.2. The average Bonchev–Trinajstić information content (AvgIpc) is 2.73. The van der Waals surface area contributed by atoms with Gasteiger partial charge in [0, 0.05) is 13.1 Å². The molecule has 2 rings (SSSR count). The number of hydrogen-bond acceptors (Lipinski definition) is 3. The van der Waals surface area contributed by atoms with Crippen molar-refractivity contribution in [3.8, 4) is 0 Å². The first-order valence-electron chi connectivity index (χ1n) is 5.86. The van der Waals surface area contributed by atoms with Gasteiger partial charge >= 0.3 is 5.97 Å². The smallest absolute Gasteiger partial charge is 0.310 e. The fourth-order valence-electron chi connectivity index (χ4n) is 2.16. The van der Waals surface area contributed by atoms with Gasteiger partial charge in [0.2, 0.25) is 10.0 Å². The number of rotatable bonds is 3. The quantitative estimate of drug-likeness (QED) is 0.919. The molecule has 1 aliphatic rings. The normalized spacial score (nSPS) is 23.9. The third kappa shape index (κ3) is 2.53. The highest BCUT2D eigenvalue weighted by molar-refractivity contribution is 7.89. The second-order valence-electron chi connectivity index (χ2n) is 5.01. The van der Waals surface area contributed by atoms with E-state index in [1.807, 2.05) is 0 Å². The Balaban J connectivity index is 2.41. The zero-order chi connectivity index (χ0) is 15.1. The Hall–Kier alpha value is -0.820. The highest BCUT2D eigenvalue weighted by Crippen LogP contribution is 2.37. The Bertz CT molecular complexity index is 641. The molecule has 0 radical (unpaired) electrons. The molecule has 110 valence electrons. The van der Waals surface area contributed by atoms with Gasteiger partial charge in [0.05, 0.1) is 15.5 Å². The average molecular weight is 338 g/mol. The van der Waals surface area contributed by atoms with Crippen molar-refractivity contribution < 1.29 is 18.3 Å². The van der Waals surface area contributed by atoms with Crippen LogP contribution in [0.5, 0.6) is 0 Å². The molecule has 0 saturated carbocycles. The molecule has 20 heavy (non-hydrogen) atoms. The number of halogens is 2. The van der Waals surface area contributed by atoms with Gasteiger partial charge in [-0.2, -0.15) is 4.31 Å². The van der Waals surface area contributed by atoms with Crippen molar-refractivity contribution in [1.29, 1.82) is 0 Å². The van der Waals surface area contributed by atoms with Crippen LogP contribution in [0.3, 0.4) is 0 Å². The SMILES string of the molecule is CC1(C(=O)O)CCN(S(=O)(=O)c2c(Cl)cccc2Cl)C1. The van der Waals surface area contributed by atoms with Gasteiger partial charge in [-0.3, -0.25) is 4.79 Å². The lowest BCUT2D eigenvalue weighted by Crippen LogP contribution is -2.35. The van der Waals surface area contributed by atoms with Crippen LogP contribution in [0.25, 0.3) is 0 Å². The van der Waals surface area contributed by atoms with E-state index in [1.165, 1.54) is 19.1 Å². The zero-order valence-electron chi connectivity index (χ0n) is 10.6. The van der Waals surface area contributed by atoms with Gasteiger partial charge in [-0.1, -0.05) is 29.3 Å². The van der Waals surface area contributed by atoms with Crippen LogP contribution in [-0.2, 0) is 14.8 Å². The van der Waals surface area contributed by atoms with Gasteiger partial charge in [0.15, 0.2) is 0 Å². The van der Waals surface area contributed by atoms with Crippen molar-refractivity contribution in [2.24, 2.45) is 5.41 Å². The fourth-order valence-corrected chi connectivity index (χ4v) is 4.81. The maximum absolute atomic E-state index is 12.6. The molecule has 1 aromatic carbocycles. The molecule has 1 unspecified atom stereocenters. The topological polar surface area (TPSA) is 74.7 Å². The predicted molar refractivity (Wildman–Crippen MR) is 75.6 cm³/mol. The summed E-state index contributed by atoms with van der Waals surface area (Å²) in [6.07, 6.45) is 0.254. The maximum atomic E-state index is 12.6. The number of benzene rings is 1. The first kappa shape index (κ1) is 15.6. The van der Waals surface area contributed by atoms with E-state index in [2.05, 4.69) is 0 Å². The first-order valence-corrected chi connectivity index (χ1v) is 8.06. The van der Waals surface area contributed by atoms with E-state index in [9.17, 15) is 13.2 Å². The van der Waals surface area contributed by atoms with Crippen LogP contribution >= 0.6 is 23.2 Å². The van der Waals surface area contributed by atoms with Crippen molar-refractivity contribution in [2.45, 2.75) is 18.2 Å². The molecule has 5 nitrogen and oxygen atoms in total. The van der Waals surface area contributed by atoms with Gasteiger partial charge < -0.3 is 5.11 Å². The summed E-state index contributed by atoms with van der Waals surface area (Å²) in [5.41, 5.74) is -1.08. The molecule has 1 heterocycles. The van der Waals surface area contributed by atoms with Gasteiger partial charge in [0.25, 0.3) is 0 Å². The summed E-state index contributed by atoms with van der Waals surface area (Å²) in [6.45, 7) is 1.57. The van der Waals surface area contributed by atoms with Crippen LogP contribution in [0.2, 0.25) is 10.0 Å². The van der Waals surface area contributed by atoms with Crippen molar-refractivity contribution in [2.75, 3.05) is 13.1 Å². The summed E-state index contributed by atoms with van der Waals surface area (Å²) in [5.74, 6) is -1.01. The monoisotopic (exact) mass is 337 g/mol. The molecular weight excluding hydrogens is 325 g/mol. The molecule has 0 spiro atoms. The highest BCUT2D eigenvalue weighted by Gasteiger charge is 2.45. The maximum Gasteiger partial charge on any atom is 0.310 e. The van der Waals surface area contributed by atoms with Crippen LogP contribution in [0.15, 0.2) is 23.1 Å². The minimum atomic E-state index is -3.90. The highest BCUT2D eigenvalue weighted by atomic mass is 35.5. The second-order valence-corrected chi connectivity index (χ2v) is 7.69. The lowest BCUT2D eigenvalue weighted by molar-refractivity contribution is -0.146. The van der Waals surface area contributed by atoms with Gasteiger partial charge in [-0.25, -0.2) is 8.42 Å². The largest absolute Gasteiger partial charge is 0.481 e. The second kappa shape index (κ2) is 5.18. The van der Waals surface area contributed by atoms with Gasteiger partial charge in [-0.05, 0) is 25.5 Å². The van der Waals surface area contributed by atoms with Crippen LogP contribution < -0.4 is 0 Å². The Kier molecular flexibility index (Phi) is 4.03. The van der Waals surface area contributed by atoms with E-state index in [1.54, 1.807) is 6.07 Å². The van der Waals surface area contributed by atoms with Crippen LogP contribution in [0, 0.1) is 5.41 Å². The third-order valence-electron chi connectivity index (χ3n) is 3.47. The molecule has 1 saturated heterocycles. The van der Waals surface area contributed by atoms with E-state index in [-0.39, 0.29) is 34.5 Å². The predicted octanol–water partition coefficient (Wildman–Crippen LogP) is 2.48. The summed E-state index contributed by atoms with van der Waals surface area (Å²) in [6, 6.07) is 4.43. The van der Waals surface area contributed by atoms with E-state index < -0.39 is 21.4 Å². The summed E-state index contributed by atoms with van der Waals surface area (Å²) in [4.78, 5) is 11.0. The Morgan fingerprint density at radius 3 is 2.35 bits per heavy atom. The summed E-state index contributed by atoms with van der Waals surface area (Å²) in [5, 5.41) is 9.22. The van der Waals surface area contributed by atoms with E-state index in [4.69, 9.17) is 28.3 Å². The minimum absolute atomic E-state index is 0.0291. The van der Waals surface area contributed by atoms with Crippen molar-refractivity contribution >= 4 is 39.2 Å². The summed E-state index contributed by atoms with van der Waals surface area (Å²) in [7, 11) is -3.90. The standard InChI is InChI=1S/C12H13Cl2NO4S/c1-12(11(16)17)5-6-15(7-12)20(18,19)10-8(13)3-2-4-9(10)14/h2-4H,5-7H2,1H3,(H,16,17). The number of hydrogen-bond donors (Lipinski definition) is 1. The van der Waals surface area contributed by atoms with Crippen molar-refractivity contribution in [3.63, 3.8) is 0 Å². The van der Waals surface area contributed by atoms with Crippen LogP contribution in [0.1, 0.15) is 13.3 Å². The molecular formula is C12H13Cl2NO4S. The molecule has 1 N–H and O–H groups in total. The Morgan fingerprint density at radius 1 is 1.35 bits per heavy atom. The summed E-state index contributed by atoms with van der Waals surface area (Å²) >= 11 is 11.8. The van der Waals surface area contributed by atoms with E-state index in [0.717, 1.165) is 4.31 Å². The number of aliphatic carboxylic acids is 1. The van der Waals surface area contributed by atoms with E-state index in [0.29, 0.717) is 0 Å². The van der Waals surface area contributed by atoms with E-state index >= 15 is 0 Å². The number of carboxylic acids is 1. The minimum Gasteiger partial charge on any atom is -0.481 e. The van der Waals surface area contributed by atoms with Gasteiger partial charge in [0.1, 0.15) is 4.90 Å². The molecule has 1 atom stereocenters. The molecule has 8 heteroatoms. The zero-order valence-corrected chi connectivity index (χ0v) is 13.0. The number of carboxylic acid groups (broad SMARTS) is 1. The number of carbonyl (C=O) groups is 1. The Morgan fingerprint density at radius 2 is 1.90 bits per heavy atom. The Labute approximate surface area is 127 Å². The van der Waals surface area contributed by atoms with Crippen LogP contribution in [0.4, 0.5) is 0 Å². The lowest BCUT2D eigenvalue weighted by Gasteiger charge is -2.21. The van der Waals surface area contributed by atoms with Crippen LogP contribution in [-0.4, -0.2) is 36.9 Å². The van der Waals surface area contributed by atoms with Crippen molar-refractivity contribution in [1.82, 2.24) is 4.31 Å². The fraction of sp³-hybridized carbons (Fsp3) is 0.417. The molecule has 1 fully saturated rings. The molecule has 1 aromatic rings. The molecule has 0 aromatic heterocycles. The third-order valence-corrected chi connectivity index (χ3v) is 6.27. The number of sulfonamides is 1. The first-order chi connectivity index (χ1) is 9.18. The lowest BCUT2D eigenvalue weighted by atomic mass is 9.90. The molecule has 0 aliphatic carbocycles. The molecule has 0 amide bonds. The van der Waals surface area contributed by atoms with Gasteiger partial charge in [-0.15, -0.1) is 0 Å². The molecule has 0 bridgehead atoms. The molecule has 1 aliphatic heterocycles. The van der Waals surface area contributed by atoms with Crippen molar-refractivity contribution in [3.05, 3.63) is 28.2 Å². The number of nitrogens with zero attached hydrogens (tertiary/aromatic N) is 1.